The summed E-state index contributed by atoms with van der Waals surface area (Å²) in [5, 5.41) is 5.44. The first-order chi connectivity index (χ1) is 11.4. The largest absolute Gasteiger partial charge is 0.495 e. The molecule has 0 aliphatic rings. The summed E-state index contributed by atoms with van der Waals surface area (Å²) >= 11 is 3.36. The Hall–Kier alpha value is -2.54. The second-order valence-electron chi connectivity index (χ2n) is 4.91. The third-order valence-electron chi connectivity index (χ3n) is 3.15. The van der Waals surface area contributed by atoms with E-state index < -0.39 is 0 Å². The van der Waals surface area contributed by atoms with Crippen molar-refractivity contribution in [1.29, 1.82) is 0 Å². The lowest BCUT2D eigenvalue weighted by molar-refractivity contribution is -0.114. The summed E-state index contributed by atoms with van der Waals surface area (Å²) in [7, 11) is 3.02. The highest BCUT2D eigenvalue weighted by molar-refractivity contribution is 9.10. The van der Waals surface area contributed by atoms with Crippen LogP contribution in [0.15, 0.2) is 40.9 Å². The van der Waals surface area contributed by atoms with Gasteiger partial charge in [0.25, 0.3) is 5.91 Å². The highest BCUT2D eigenvalue weighted by Crippen LogP contribution is 2.35. The Labute approximate surface area is 148 Å². The number of nitrogens with one attached hydrogen (secondary N) is 2. The van der Waals surface area contributed by atoms with Crippen LogP contribution >= 0.6 is 15.9 Å². The standard InChI is InChI=1S/C17H17BrN2O4/c1-10(21)19-12-5-4-6-13(9-12)20-17(22)11-7-14(23-2)16(18)15(8-11)24-3/h4-9H,1-3H3,(H,19,21)(H,20,22). The van der Waals surface area contributed by atoms with E-state index in [2.05, 4.69) is 26.6 Å². The number of hydrogen-bond acceptors (Lipinski definition) is 4. The number of hydrogen-bond donors (Lipinski definition) is 2. The minimum Gasteiger partial charge on any atom is -0.495 e. The molecule has 126 valence electrons. The van der Waals surface area contributed by atoms with Crippen LogP contribution < -0.4 is 20.1 Å². The van der Waals surface area contributed by atoms with E-state index in [1.807, 2.05) is 0 Å². The van der Waals surface area contributed by atoms with Crippen molar-refractivity contribution in [2.24, 2.45) is 0 Å². The maximum atomic E-state index is 12.5. The Morgan fingerprint density at radius 2 is 1.50 bits per heavy atom. The quantitative estimate of drug-likeness (QED) is 0.813. The molecule has 0 aliphatic carbocycles. The lowest BCUT2D eigenvalue weighted by Crippen LogP contribution is -2.13. The Kier molecular flexibility index (Phi) is 5.81. The monoisotopic (exact) mass is 392 g/mol. The van der Waals surface area contributed by atoms with E-state index in [4.69, 9.17) is 9.47 Å². The topological polar surface area (TPSA) is 76.7 Å². The lowest BCUT2D eigenvalue weighted by atomic mass is 10.1. The predicted octanol–water partition coefficient (Wildman–Crippen LogP) is 3.68. The smallest absolute Gasteiger partial charge is 0.255 e. The fourth-order valence-electron chi connectivity index (χ4n) is 2.08. The number of anilines is 2. The van der Waals surface area contributed by atoms with Crippen LogP contribution in [0.3, 0.4) is 0 Å². The Morgan fingerprint density at radius 3 is 2.00 bits per heavy atom. The van der Waals surface area contributed by atoms with Crippen LogP contribution in [-0.2, 0) is 4.79 Å². The highest BCUT2D eigenvalue weighted by atomic mass is 79.9. The van der Waals surface area contributed by atoms with Crippen LogP contribution in [0.5, 0.6) is 11.5 Å². The maximum absolute atomic E-state index is 12.5. The van der Waals surface area contributed by atoms with Crippen LogP contribution in [0.1, 0.15) is 17.3 Å². The molecule has 0 aromatic heterocycles. The zero-order valence-corrected chi connectivity index (χ0v) is 15.1. The normalized spacial score (nSPS) is 10.0. The summed E-state index contributed by atoms with van der Waals surface area (Å²) in [5.41, 5.74) is 1.55. The minimum absolute atomic E-state index is 0.180. The summed E-state index contributed by atoms with van der Waals surface area (Å²) in [4.78, 5) is 23.6. The van der Waals surface area contributed by atoms with Crippen LogP contribution in [-0.4, -0.2) is 26.0 Å². The van der Waals surface area contributed by atoms with Crippen molar-refractivity contribution in [3.05, 3.63) is 46.4 Å². The van der Waals surface area contributed by atoms with Crippen molar-refractivity contribution >= 4 is 39.1 Å². The molecule has 0 heterocycles. The third-order valence-corrected chi connectivity index (χ3v) is 3.93. The second kappa shape index (κ2) is 7.83. The summed E-state index contributed by atoms with van der Waals surface area (Å²) < 4.78 is 11.1. The molecule has 2 aromatic carbocycles. The van der Waals surface area contributed by atoms with Gasteiger partial charge in [0.05, 0.1) is 14.2 Å². The number of carbonyl (C=O) groups is 2. The summed E-state index contributed by atoms with van der Waals surface area (Å²) in [5.74, 6) is 0.484. The zero-order valence-electron chi connectivity index (χ0n) is 13.5. The molecule has 24 heavy (non-hydrogen) atoms. The molecule has 0 spiro atoms. The fourth-order valence-corrected chi connectivity index (χ4v) is 2.63. The fraction of sp³-hybridized carbons (Fsp3) is 0.176. The van der Waals surface area contributed by atoms with E-state index in [0.717, 1.165) is 0 Å². The first-order valence-corrected chi connectivity index (χ1v) is 7.84. The van der Waals surface area contributed by atoms with Gasteiger partial charge in [-0.05, 0) is 46.3 Å². The Morgan fingerprint density at radius 1 is 0.958 bits per heavy atom. The van der Waals surface area contributed by atoms with Gasteiger partial charge in [-0.25, -0.2) is 0 Å². The van der Waals surface area contributed by atoms with Crippen molar-refractivity contribution < 1.29 is 19.1 Å². The first kappa shape index (κ1) is 17.8. The molecule has 0 fully saturated rings. The number of ether oxygens (including phenoxy) is 2. The van der Waals surface area contributed by atoms with Gasteiger partial charge in [0, 0.05) is 23.9 Å². The predicted molar refractivity (Wildman–Crippen MR) is 95.9 cm³/mol. The number of amides is 2. The van der Waals surface area contributed by atoms with E-state index in [-0.39, 0.29) is 11.8 Å². The van der Waals surface area contributed by atoms with Crippen molar-refractivity contribution in [2.75, 3.05) is 24.9 Å². The molecule has 0 bridgehead atoms. The molecule has 0 saturated carbocycles. The average Bonchev–Trinajstić information content (AvgIpc) is 2.54. The average molecular weight is 393 g/mol. The molecule has 2 rings (SSSR count). The molecule has 2 N–H and O–H groups in total. The Balaban J connectivity index is 2.25. The van der Waals surface area contributed by atoms with Gasteiger partial charge < -0.3 is 20.1 Å². The highest BCUT2D eigenvalue weighted by Gasteiger charge is 2.15. The van der Waals surface area contributed by atoms with Crippen LogP contribution in [0.4, 0.5) is 11.4 Å². The van der Waals surface area contributed by atoms with Crippen molar-refractivity contribution in [2.45, 2.75) is 6.92 Å². The molecule has 6 nitrogen and oxygen atoms in total. The van der Waals surface area contributed by atoms with Gasteiger partial charge in [-0.3, -0.25) is 9.59 Å². The van der Waals surface area contributed by atoms with Crippen molar-refractivity contribution in [3.8, 4) is 11.5 Å². The molecular formula is C17H17BrN2O4. The van der Waals surface area contributed by atoms with Crippen LogP contribution in [0.2, 0.25) is 0 Å². The van der Waals surface area contributed by atoms with Gasteiger partial charge in [-0.1, -0.05) is 6.07 Å². The van der Waals surface area contributed by atoms with Crippen LogP contribution in [0.25, 0.3) is 0 Å². The molecule has 0 atom stereocenters. The zero-order chi connectivity index (χ0) is 17.7. The number of rotatable bonds is 5. The van der Waals surface area contributed by atoms with Gasteiger partial charge >= 0.3 is 0 Å². The van der Waals surface area contributed by atoms with Crippen molar-refractivity contribution in [3.63, 3.8) is 0 Å². The maximum Gasteiger partial charge on any atom is 0.255 e. The summed E-state index contributed by atoms with van der Waals surface area (Å²) in [6.45, 7) is 1.42. The van der Waals surface area contributed by atoms with Gasteiger partial charge in [-0.15, -0.1) is 0 Å². The molecule has 0 aliphatic heterocycles. The van der Waals surface area contributed by atoms with Gasteiger partial charge in [0.1, 0.15) is 16.0 Å². The van der Waals surface area contributed by atoms with Crippen LogP contribution in [0, 0.1) is 0 Å². The number of halogens is 1. The van der Waals surface area contributed by atoms with Gasteiger partial charge in [0.2, 0.25) is 5.91 Å². The Bertz CT molecular complexity index is 752. The number of methoxy groups -OCH3 is 2. The van der Waals surface area contributed by atoms with E-state index in [9.17, 15) is 9.59 Å². The molecule has 7 heteroatoms. The first-order valence-electron chi connectivity index (χ1n) is 7.05. The molecule has 0 unspecified atom stereocenters. The minimum atomic E-state index is -0.320. The molecule has 2 aromatic rings. The lowest BCUT2D eigenvalue weighted by Gasteiger charge is -2.12. The second-order valence-corrected chi connectivity index (χ2v) is 5.70. The summed E-state index contributed by atoms with van der Waals surface area (Å²) in [6.07, 6.45) is 0. The van der Waals surface area contributed by atoms with E-state index in [1.54, 1.807) is 36.4 Å². The van der Waals surface area contributed by atoms with Crippen molar-refractivity contribution in [1.82, 2.24) is 0 Å². The number of benzene rings is 2. The third kappa shape index (κ3) is 4.26. The number of carbonyl (C=O) groups excluding carboxylic acids is 2. The molecular weight excluding hydrogens is 376 g/mol. The molecule has 0 saturated heterocycles. The van der Waals surface area contributed by atoms with E-state index in [0.29, 0.717) is 32.9 Å². The molecule has 0 radical (unpaired) electrons. The SMILES string of the molecule is COc1cc(C(=O)Nc2cccc(NC(C)=O)c2)cc(OC)c1Br. The summed E-state index contributed by atoms with van der Waals surface area (Å²) in [6, 6.07) is 10.1. The van der Waals surface area contributed by atoms with E-state index >= 15 is 0 Å². The van der Waals surface area contributed by atoms with E-state index in [1.165, 1.54) is 21.1 Å². The van der Waals surface area contributed by atoms with Gasteiger partial charge in [0.15, 0.2) is 0 Å². The van der Waals surface area contributed by atoms with Gasteiger partial charge in [-0.2, -0.15) is 0 Å². The molecule has 2 amide bonds.